The van der Waals surface area contributed by atoms with Gasteiger partial charge in [0.15, 0.2) is 0 Å². The average Bonchev–Trinajstić information content (AvgIpc) is 2.40. The highest BCUT2D eigenvalue weighted by Gasteiger charge is 2.13. The number of anilines is 1. The van der Waals surface area contributed by atoms with E-state index in [0.29, 0.717) is 13.0 Å². The van der Waals surface area contributed by atoms with Crippen molar-refractivity contribution in [1.82, 2.24) is 5.32 Å². The largest absolute Gasteiger partial charge is 0.466 e. The number of piperazine rings is 1. The predicted molar refractivity (Wildman–Crippen MR) is 76.6 cm³/mol. The van der Waals surface area contributed by atoms with E-state index in [-0.39, 0.29) is 5.97 Å². The number of carbonyl (C=O) groups excluding carboxylic acids is 1. The first kappa shape index (κ1) is 13.9. The van der Waals surface area contributed by atoms with Gasteiger partial charge < -0.3 is 15.0 Å². The van der Waals surface area contributed by atoms with Crippen molar-refractivity contribution in [2.24, 2.45) is 0 Å². The summed E-state index contributed by atoms with van der Waals surface area (Å²) in [4.78, 5) is 13.9. The lowest BCUT2D eigenvalue weighted by molar-refractivity contribution is -0.142. The van der Waals surface area contributed by atoms with E-state index >= 15 is 0 Å². The van der Waals surface area contributed by atoms with Gasteiger partial charge in [-0.2, -0.15) is 0 Å². The Morgan fingerprint density at radius 3 is 2.74 bits per heavy atom. The highest BCUT2D eigenvalue weighted by atomic mass is 16.5. The molecule has 0 unspecified atom stereocenters. The van der Waals surface area contributed by atoms with E-state index in [9.17, 15) is 4.79 Å². The van der Waals surface area contributed by atoms with Gasteiger partial charge in [-0.25, -0.2) is 0 Å². The molecule has 0 radical (unpaired) electrons. The molecule has 1 aromatic rings. The van der Waals surface area contributed by atoms with E-state index < -0.39 is 0 Å². The molecule has 19 heavy (non-hydrogen) atoms. The molecule has 104 valence electrons. The van der Waals surface area contributed by atoms with Crippen molar-refractivity contribution in [3.63, 3.8) is 0 Å². The van der Waals surface area contributed by atoms with Crippen LogP contribution in [-0.2, 0) is 16.0 Å². The SMILES string of the molecule is CCOC(=O)Cc1ccc(N2CCNCC2)c(C)c1. The number of esters is 1. The van der Waals surface area contributed by atoms with Crippen LogP contribution in [0, 0.1) is 6.92 Å². The number of ether oxygens (including phenoxy) is 1. The molecule has 1 N–H and O–H groups in total. The normalized spacial score (nSPS) is 15.4. The fraction of sp³-hybridized carbons (Fsp3) is 0.533. The zero-order chi connectivity index (χ0) is 13.7. The second kappa shape index (κ2) is 6.57. The van der Waals surface area contributed by atoms with Crippen LogP contribution in [0.2, 0.25) is 0 Å². The Morgan fingerprint density at radius 1 is 1.37 bits per heavy atom. The summed E-state index contributed by atoms with van der Waals surface area (Å²) >= 11 is 0. The molecule has 0 saturated carbocycles. The fourth-order valence-corrected chi connectivity index (χ4v) is 2.47. The van der Waals surface area contributed by atoms with Crippen molar-refractivity contribution in [2.75, 3.05) is 37.7 Å². The van der Waals surface area contributed by atoms with E-state index in [0.717, 1.165) is 31.7 Å². The van der Waals surface area contributed by atoms with Gasteiger partial charge in [-0.15, -0.1) is 0 Å². The number of rotatable bonds is 4. The van der Waals surface area contributed by atoms with E-state index in [1.54, 1.807) is 0 Å². The van der Waals surface area contributed by atoms with E-state index in [2.05, 4.69) is 29.3 Å². The van der Waals surface area contributed by atoms with Crippen molar-refractivity contribution in [3.05, 3.63) is 29.3 Å². The number of benzene rings is 1. The minimum atomic E-state index is -0.156. The third-order valence-corrected chi connectivity index (χ3v) is 3.37. The molecular weight excluding hydrogens is 240 g/mol. The molecule has 0 amide bonds. The Bertz CT molecular complexity index is 440. The smallest absolute Gasteiger partial charge is 0.310 e. The van der Waals surface area contributed by atoms with Gasteiger partial charge in [0.2, 0.25) is 0 Å². The standard InChI is InChI=1S/C15H22N2O2/c1-3-19-15(18)11-13-4-5-14(12(2)10-13)17-8-6-16-7-9-17/h4-5,10,16H,3,6-9,11H2,1-2H3. The lowest BCUT2D eigenvalue weighted by Crippen LogP contribution is -2.43. The Balaban J connectivity index is 2.06. The maximum Gasteiger partial charge on any atom is 0.310 e. The van der Waals surface area contributed by atoms with Crippen molar-refractivity contribution >= 4 is 11.7 Å². The van der Waals surface area contributed by atoms with Crippen LogP contribution in [-0.4, -0.2) is 38.8 Å². The first-order valence-corrected chi connectivity index (χ1v) is 6.91. The number of aryl methyl sites for hydroxylation is 1. The Morgan fingerprint density at radius 2 is 2.11 bits per heavy atom. The molecule has 2 rings (SSSR count). The molecule has 0 bridgehead atoms. The number of nitrogens with zero attached hydrogens (tertiary/aromatic N) is 1. The molecule has 0 aromatic heterocycles. The van der Waals surface area contributed by atoms with Crippen LogP contribution in [0.1, 0.15) is 18.1 Å². The van der Waals surface area contributed by atoms with E-state index in [1.807, 2.05) is 13.0 Å². The first-order valence-electron chi connectivity index (χ1n) is 6.91. The number of nitrogens with one attached hydrogen (secondary N) is 1. The van der Waals surface area contributed by atoms with E-state index in [4.69, 9.17) is 4.74 Å². The summed E-state index contributed by atoms with van der Waals surface area (Å²) in [6.07, 6.45) is 0.358. The van der Waals surface area contributed by atoms with Crippen LogP contribution >= 0.6 is 0 Å². The summed E-state index contributed by atoms with van der Waals surface area (Å²) < 4.78 is 4.97. The van der Waals surface area contributed by atoms with Crippen LogP contribution in [0.3, 0.4) is 0 Å². The lowest BCUT2D eigenvalue weighted by Gasteiger charge is -2.30. The molecule has 1 aliphatic heterocycles. The molecule has 1 saturated heterocycles. The molecule has 1 fully saturated rings. The Hall–Kier alpha value is -1.55. The molecule has 4 nitrogen and oxygen atoms in total. The zero-order valence-electron chi connectivity index (χ0n) is 11.7. The summed E-state index contributed by atoms with van der Waals surface area (Å²) in [5.74, 6) is -0.156. The van der Waals surface area contributed by atoms with Crippen LogP contribution in [0.25, 0.3) is 0 Å². The van der Waals surface area contributed by atoms with Gasteiger partial charge in [0.25, 0.3) is 0 Å². The van der Waals surface area contributed by atoms with Crippen molar-refractivity contribution < 1.29 is 9.53 Å². The molecule has 1 aromatic carbocycles. The third-order valence-electron chi connectivity index (χ3n) is 3.37. The van der Waals surface area contributed by atoms with Gasteiger partial charge in [-0.05, 0) is 31.0 Å². The molecule has 0 spiro atoms. The minimum Gasteiger partial charge on any atom is -0.466 e. The van der Waals surface area contributed by atoms with E-state index in [1.165, 1.54) is 11.3 Å². The van der Waals surface area contributed by atoms with Crippen LogP contribution in [0.15, 0.2) is 18.2 Å². The lowest BCUT2D eigenvalue weighted by atomic mass is 10.1. The highest BCUT2D eigenvalue weighted by Crippen LogP contribution is 2.22. The van der Waals surface area contributed by atoms with Gasteiger partial charge in [-0.1, -0.05) is 12.1 Å². The topological polar surface area (TPSA) is 41.6 Å². The van der Waals surface area contributed by atoms with Gasteiger partial charge in [-0.3, -0.25) is 4.79 Å². The van der Waals surface area contributed by atoms with Crippen molar-refractivity contribution in [3.8, 4) is 0 Å². The van der Waals surface area contributed by atoms with Gasteiger partial charge >= 0.3 is 5.97 Å². The summed E-state index contributed by atoms with van der Waals surface area (Å²) in [5.41, 5.74) is 3.52. The number of hydrogen-bond donors (Lipinski definition) is 1. The second-order valence-corrected chi connectivity index (χ2v) is 4.84. The third kappa shape index (κ3) is 3.70. The summed E-state index contributed by atoms with van der Waals surface area (Å²) in [6, 6.07) is 6.24. The molecule has 4 heteroatoms. The van der Waals surface area contributed by atoms with Gasteiger partial charge in [0.1, 0.15) is 0 Å². The highest BCUT2D eigenvalue weighted by molar-refractivity contribution is 5.73. The monoisotopic (exact) mass is 262 g/mol. The minimum absolute atomic E-state index is 0.156. The fourth-order valence-electron chi connectivity index (χ4n) is 2.47. The van der Waals surface area contributed by atoms with Gasteiger partial charge in [0.05, 0.1) is 13.0 Å². The molecular formula is C15H22N2O2. The average molecular weight is 262 g/mol. The summed E-state index contributed by atoms with van der Waals surface area (Å²) in [5, 5.41) is 3.35. The Labute approximate surface area is 114 Å². The molecule has 0 atom stereocenters. The van der Waals surface area contributed by atoms with Crippen LogP contribution in [0.4, 0.5) is 5.69 Å². The number of carbonyl (C=O) groups is 1. The Kier molecular flexibility index (Phi) is 4.80. The molecule has 1 heterocycles. The molecule has 0 aliphatic carbocycles. The quantitative estimate of drug-likeness (QED) is 0.835. The maximum atomic E-state index is 11.5. The van der Waals surface area contributed by atoms with Crippen LogP contribution in [0.5, 0.6) is 0 Å². The van der Waals surface area contributed by atoms with Gasteiger partial charge in [0, 0.05) is 31.9 Å². The maximum absolute atomic E-state index is 11.5. The second-order valence-electron chi connectivity index (χ2n) is 4.84. The number of hydrogen-bond acceptors (Lipinski definition) is 4. The first-order chi connectivity index (χ1) is 9.20. The molecule has 1 aliphatic rings. The van der Waals surface area contributed by atoms with Crippen molar-refractivity contribution in [1.29, 1.82) is 0 Å². The summed E-state index contributed by atoms with van der Waals surface area (Å²) in [7, 11) is 0. The predicted octanol–water partition coefficient (Wildman–Crippen LogP) is 1.51. The van der Waals surface area contributed by atoms with Crippen LogP contribution < -0.4 is 10.2 Å². The zero-order valence-corrected chi connectivity index (χ0v) is 11.7. The van der Waals surface area contributed by atoms with Crippen molar-refractivity contribution in [2.45, 2.75) is 20.3 Å². The summed E-state index contributed by atoms with van der Waals surface area (Å²) in [6.45, 7) is 8.52.